The Balaban J connectivity index is 2.16. The van der Waals surface area contributed by atoms with Gasteiger partial charge in [0.2, 0.25) is 0 Å². The first-order valence-corrected chi connectivity index (χ1v) is 6.21. The second-order valence-electron chi connectivity index (χ2n) is 4.20. The number of nitrogens with one attached hydrogen (secondary N) is 1. The summed E-state index contributed by atoms with van der Waals surface area (Å²) in [5.41, 5.74) is 1.85. The minimum atomic E-state index is -0.302. The van der Waals surface area contributed by atoms with Crippen LogP contribution in [0, 0.1) is 5.82 Å². The van der Waals surface area contributed by atoms with Gasteiger partial charge in [0.1, 0.15) is 5.82 Å². The zero-order chi connectivity index (χ0) is 13.7. The van der Waals surface area contributed by atoms with Gasteiger partial charge in [-0.2, -0.15) is 0 Å². The first kappa shape index (κ1) is 13.2. The van der Waals surface area contributed by atoms with Crippen molar-refractivity contribution in [3.05, 3.63) is 54.0 Å². The van der Waals surface area contributed by atoms with E-state index in [1.54, 1.807) is 24.3 Å². The van der Waals surface area contributed by atoms with Gasteiger partial charge in [-0.15, -0.1) is 0 Å². The zero-order valence-electron chi connectivity index (χ0n) is 10.7. The van der Waals surface area contributed by atoms with Gasteiger partial charge in [-0.1, -0.05) is 19.1 Å². The van der Waals surface area contributed by atoms with Crippen LogP contribution in [0.3, 0.4) is 0 Å². The number of carbonyl (C=O) groups excluding carboxylic acids is 1. The maximum Gasteiger partial charge on any atom is 0.252 e. The zero-order valence-corrected chi connectivity index (χ0v) is 10.7. The molecule has 0 aliphatic carbocycles. The molecule has 1 amide bonds. The van der Waals surface area contributed by atoms with Crippen LogP contribution in [0.25, 0.3) is 11.3 Å². The van der Waals surface area contributed by atoms with E-state index in [2.05, 4.69) is 10.3 Å². The third-order valence-electron chi connectivity index (χ3n) is 2.68. The van der Waals surface area contributed by atoms with Crippen molar-refractivity contribution in [2.24, 2.45) is 0 Å². The number of carbonyl (C=O) groups is 1. The number of rotatable bonds is 4. The van der Waals surface area contributed by atoms with Crippen molar-refractivity contribution in [3.63, 3.8) is 0 Å². The number of halogens is 1. The van der Waals surface area contributed by atoms with Crippen molar-refractivity contribution < 1.29 is 9.18 Å². The Bertz CT molecular complexity index is 567. The molecule has 98 valence electrons. The van der Waals surface area contributed by atoms with Gasteiger partial charge in [-0.05, 0) is 30.7 Å². The van der Waals surface area contributed by atoms with Gasteiger partial charge in [0, 0.05) is 18.3 Å². The predicted molar refractivity (Wildman–Crippen MR) is 72.3 cm³/mol. The van der Waals surface area contributed by atoms with Gasteiger partial charge in [-0.3, -0.25) is 9.78 Å². The van der Waals surface area contributed by atoms with E-state index in [0.29, 0.717) is 23.4 Å². The quantitative estimate of drug-likeness (QED) is 0.915. The minimum absolute atomic E-state index is 0.139. The number of hydrogen-bond acceptors (Lipinski definition) is 2. The van der Waals surface area contributed by atoms with E-state index in [0.717, 1.165) is 6.42 Å². The number of nitrogens with zero attached hydrogens (tertiary/aromatic N) is 1. The Hall–Kier alpha value is -2.23. The number of benzene rings is 1. The summed E-state index contributed by atoms with van der Waals surface area (Å²) in [7, 11) is 0. The van der Waals surface area contributed by atoms with Crippen LogP contribution in [-0.4, -0.2) is 17.4 Å². The van der Waals surface area contributed by atoms with E-state index in [4.69, 9.17) is 0 Å². The van der Waals surface area contributed by atoms with Gasteiger partial charge in [-0.25, -0.2) is 4.39 Å². The average Bonchev–Trinajstić information content (AvgIpc) is 2.45. The van der Waals surface area contributed by atoms with Gasteiger partial charge >= 0.3 is 0 Å². The van der Waals surface area contributed by atoms with Crippen molar-refractivity contribution in [2.75, 3.05) is 6.54 Å². The number of hydrogen-bond donors (Lipinski definition) is 1. The van der Waals surface area contributed by atoms with Crippen molar-refractivity contribution in [1.29, 1.82) is 0 Å². The fourth-order valence-electron chi connectivity index (χ4n) is 1.69. The van der Waals surface area contributed by atoms with Crippen LogP contribution < -0.4 is 5.32 Å². The lowest BCUT2D eigenvalue weighted by Crippen LogP contribution is -2.23. The summed E-state index contributed by atoms with van der Waals surface area (Å²) in [5, 5.41) is 2.78. The van der Waals surface area contributed by atoms with Crippen molar-refractivity contribution in [2.45, 2.75) is 13.3 Å². The van der Waals surface area contributed by atoms with E-state index in [1.165, 1.54) is 18.3 Å². The molecule has 0 saturated heterocycles. The first-order chi connectivity index (χ1) is 9.20. The van der Waals surface area contributed by atoms with E-state index < -0.39 is 0 Å². The van der Waals surface area contributed by atoms with Gasteiger partial charge in [0.15, 0.2) is 0 Å². The standard InChI is InChI=1S/C15H15FN2O/c1-2-8-17-15(19)12-6-7-14(18-10-12)11-4-3-5-13(16)9-11/h3-7,9-10H,2,8H2,1H3,(H,17,19). The van der Waals surface area contributed by atoms with Gasteiger partial charge in [0.25, 0.3) is 5.91 Å². The second-order valence-corrected chi connectivity index (χ2v) is 4.20. The SMILES string of the molecule is CCCNC(=O)c1ccc(-c2cccc(F)c2)nc1. The largest absolute Gasteiger partial charge is 0.352 e. The maximum absolute atomic E-state index is 13.1. The number of pyridine rings is 1. The molecule has 2 aromatic rings. The average molecular weight is 258 g/mol. The fourth-order valence-corrected chi connectivity index (χ4v) is 1.69. The Labute approximate surface area is 111 Å². The van der Waals surface area contributed by atoms with Crippen LogP contribution >= 0.6 is 0 Å². The van der Waals surface area contributed by atoms with E-state index >= 15 is 0 Å². The highest BCUT2D eigenvalue weighted by Gasteiger charge is 2.06. The molecule has 1 aromatic heterocycles. The molecule has 0 aliphatic heterocycles. The highest BCUT2D eigenvalue weighted by Crippen LogP contribution is 2.17. The molecule has 0 saturated carbocycles. The Morgan fingerprint density at radius 3 is 2.79 bits per heavy atom. The van der Waals surface area contributed by atoms with Crippen LogP contribution in [-0.2, 0) is 0 Å². The molecule has 0 aliphatic rings. The summed E-state index contributed by atoms with van der Waals surface area (Å²) in [6.45, 7) is 2.63. The topological polar surface area (TPSA) is 42.0 Å². The van der Waals surface area contributed by atoms with Crippen LogP contribution in [0.2, 0.25) is 0 Å². The van der Waals surface area contributed by atoms with Crippen LogP contribution in [0.4, 0.5) is 4.39 Å². The second kappa shape index (κ2) is 6.09. The summed E-state index contributed by atoms with van der Waals surface area (Å²) < 4.78 is 13.1. The molecule has 0 unspecified atom stereocenters. The van der Waals surface area contributed by atoms with Crippen molar-refractivity contribution in [1.82, 2.24) is 10.3 Å². The molecular formula is C15H15FN2O. The molecular weight excluding hydrogens is 243 g/mol. The summed E-state index contributed by atoms with van der Waals surface area (Å²) in [4.78, 5) is 15.9. The Morgan fingerprint density at radius 1 is 1.32 bits per heavy atom. The monoisotopic (exact) mass is 258 g/mol. The normalized spacial score (nSPS) is 10.2. The van der Waals surface area contributed by atoms with Gasteiger partial charge in [0.05, 0.1) is 11.3 Å². The van der Waals surface area contributed by atoms with E-state index in [-0.39, 0.29) is 11.7 Å². The maximum atomic E-state index is 13.1. The van der Waals surface area contributed by atoms with Crippen LogP contribution in [0.15, 0.2) is 42.6 Å². The molecule has 19 heavy (non-hydrogen) atoms. The third-order valence-corrected chi connectivity index (χ3v) is 2.68. The van der Waals surface area contributed by atoms with Gasteiger partial charge < -0.3 is 5.32 Å². The summed E-state index contributed by atoms with van der Waals surface area (Å²) in [6.07, 6.45) is 2.39. The number of aromatic nitrogens is 1. The highest BCUT2D eigenvalue weighted by atomic mass is 19.1. The first-order valence-electron chi connectivity index (χ1n) is 6.21. The lowest BCUT2D eigenvalue weighted by molar-refractivity contribution is 0.0953. The lowest BCUT2D eigenvalue weighted by atomic mass is 10.1. The van der Waals surface area contributed by atoms with Crippen molar-refractivity contribution >= 4 is 5.91 Å². The van der Waals surface area contributed by atoms with E-state index in [9.17, 15) is 9.18 Å². The molecule has 2 rings (SSSR count). The smallest absolute Gasteiger partial charge is 0.252 e. The number of amides is 1. The fraction of sp³-hybridized carbons (Fsp3) is 0.200. The summed E-state index contributed by atoms with van der Waals surface area (Å²) in [6, 6.07) is 9.62. The molecule has 4 heteroatoms. The summed E-state index contributed by atoms with van der Waals surface area (Å²) in [5.74, 6) is -0.441. The Kier molecular flexibility index (Phi) is 4.23. The third kappa shape index (κ3) is 3.37. The van der Waals surface area contributed by atoms with Crippen LogP contribution in [0.5, 0.6) is 0 Å². The predicted octanol–water partition coefficient (Wildman–Crippen LogP) is 3.03. The molecule has 1 aromatic carbocycles. The minimum Gasteiger partial charge on any atom is -0.352 e. The molecule has 0 spiro atoms. The molecule has 0 fully saturated rings. The molecule has 1 heterocycles. The van der Waals surface area contributed by atoms with Crippen molar-refractivity contribution in [3.8, 4) is 11.3 Å². The van der Waals surface area contributed by atoms with Crippen LogP contribution in [0.1, 0.15) is 23.7 Å². The molecule has 1 N–H and O–H groups in total. The lowest BCUT2D eigenvalue weighted by Gasteiger charge is -2.05. The molecule has 0 radical (unpaired) electrons. The molecule has 0 atom stereocenters. The molecule has 3 nitrogen and oxygen atoms in total. The Morgan fingerprint density at radius 2 is 2.16 bits per heavy atom. The van der Waals surface area contributed by atoms with E-state index in [1.807, 2.05) is 6.92 Å². The highest BCUT2D eigenvalue weighted by molar-refractivity contribution is 5.94. The summed E-state index contributed by atoms with van der Waals surface area (Å²) >= 11 is 0. The molecule has 0 bridgehead atoms.